The molecule has 7 nitrogen and oxygen atoms in total. The van der Waals surface area contributed by atoms with Crippen LogP contribution in [0.25, 0.3) is 10.9 Å². The van der Waals surface area contributed by atoms with Crippen molar-refractivity contribution in [3.05, 3.63) is 64.3 Å². The predicted molar refractivity (Wildman–Crippen MR) is 120 cm³/mol. The Hall–Kier alpha value is -2.78. The standard InChI is InChI=1S/C21H19BrN4O3S/c1-13-10-18(17-11-14(22)7-8-19(17)24-13)21(27)25-15-4-2-5-16(12-15)30(28,29)26-20-6-3-9-23-20/h2,4-5,7-8,10-12H,3,6,9H2,1H3,(H,23,26)(H,25,27). The summed E-state index contributed by atoms with van der Waals surface area (Å²) in [5.74, 6) is 0.125. The fourth-order valence-corrected chi connectivity index (χ4v) is 4.79. The van der Waals surface area contributed by atoms with Crippen molar-refractivity contribution >= 4 is 54.3 Å². The van der Waals surface area contributed by atoms with Gasteiger partial charge < -0.3 is 5.32 Å². The summed E-state index contributed by atoms with van der Waals surface area (Å²) >= 11 is 3.43. The van der Waals surface area contributed by atoms with E-state index in [2.05, 4.69) is 35.9 Å². The first kappa shape index (κ1) is 20.5. The summed E-state index contributed by atoms with van der Waals surface area (Å²) in [4.78, 5) is 21.7. The summed E-state index contributed by atoms with van der Waals surface area (Å²) in [6.07, 6.45) is 1.45. The normalized spacial score (nSPS) is 13.9. The third-order valence-electron chi connectivity index (χ3n) is 4.67. The van der Waals surface area contributed by atoms with Gasteiger partial charge in [0.2, 0.25) is 0 Å². The monoisotopic (exact) mass is 486 g/mol. The molecule has 0 saturated carbocycles. The Bertz CT molecular complexity index is 1290. The molecule has 4 rings (SSSR count). The highest BCUT2D eigenvalue weighted by Crippen LogP contribution is 2.24. The molecule has 30 heavy (non-hydrogen) atoms. The van der Waals surface area contributed by atoms with Crippen LogP contribution in [0.3, 0.4) is 0 Å². The van der Waals surface area contributed by atoms with Crippen molar-refractivity contribution < 1.29 is 13.2 Å². The van der Waals surface area contributed by atoms with Gasteiger partial charge in [-0.2, -0.15) is 0 Å². The number of rotatable bonds is 4. The highest BCUT2D eigenvalue weighted by Gasteiger charge is 2.19. The SMILES string of the molecule is Cc1cc(C(=O)Nc2cccc(S(=O)(=O)NC3=NCCC3)c2)c2cc(Br)ccc2n1. The van der Waals surface area contributed by atoms with Gasteiger partial charge >= 0.3 is 0 Å². The molecule has 0 radical (unpaired) electrons. The first-order chi connectivity index (χ1) is 14.3. The minimum Gasteiger partial charge on any atom is -0.322 e. The minimum absolute atomic E-state index is 0.0633. The second-order valence-corrected chi connectivity index (χ2v) is 9.59. The van der Waals surface area contributed by atoms with Gasteiger partial charge in [0.25, 0.3) is 15.9 Å². The molecular formula is C21H19BrN4O3S. The van der Waals surface area contributed by atoms with Gasteiger partial charge in [-0.25, -0.2) is 8.42 Å². The molecule has 0 atom stereocenters. The lowest BCUT2D eigenvalue weighted by Crippen LogP contribution is -2.29. The van der Waals surface area contributed by atoms with Gasteiger partial charge in [-0.15, -0.1) is 0 Å². The molecule has 2 N–H and O–H groups in total. The maximum absolute atomic E-state index is 13.0. The second kappa shape index (κ2) is 8.16. The first-order valence-corrected chi connectivity index (χ1v) is 11.6. The van der Waals surface area contributed by atoms with Crippen molar-refractivity contribution in [1.82, 2.24) is 9.71 Å². The fraction of sp³-hybridized carbons (Fsp3) is 0.190. The highest BCUT2D eigenvalue weighted by atomic mass is 79.9. The van der Waals surface area contributed by atoms with Crippen LogP contribution in [-0.4, -0.2) is 31.7 Å². The second-order valence-electron chi connectivity index (χ2n) is 6.99. The van der Waals surface area contributed by atoms with Crippen molar-refractivity contribution in [3.8, 4) is 0 Å². The zero-order chi connectivity index (χ0) is 21.3. The Morgan fingerprint density at radius 1 is 1.13 bits per heavy atom. The number of carbonyl (C=O) groups is 1. The number of anilines is 1. The molecule has 0 saturated heterocycles. The number of amidine groups is 1. The molecule has 2 heterocycles. The summed E-state index contributed by atoms with van der Waals surface area (Å²) in [6, 6.07) is 13.4. The molecule has 9 heteroatoms. The van der Waals surface area contributed by atoms with Gasteiger partial charge in [-0.05, 0) is 55.8 Å². The Balaban J connectivity index is 1.63. The van der Waals surface area contributed by atoms with Crippen LogP contribution < -0.4 is 10.0 Å². The zero-order valence-electron chi connectivity index (χ0n) is 16.1. The van der Waals surface area contributed by atoms with Crippen LogP contribution in [-0.2, 0) is 10.0 Å². The molecular weight excluding hydrogens is 468 g/mol. The number of pyridine rings is 1. The molecule has 0 bridgehead atoms. The predicted octanol–water partition coefficient (Wildman–Crippen LogP) is 4.03. The minimum atomic E-state index is -3.76. The molecule has 3 aromatic rings. The van der Waals surface area contributed by atoms with Crippen LogP contribution in [0.1, 0.15) is 28.9 Å². The lowest BCUT2D eigenvalue weighted by molar-refractivity contribution is 0.102. The molecule has 1 aliphatic heterocycles. The number of fused-ring (bicyclic) bond motifs is 1. The van der Waals surface area contributed by atoms with Crippen LogP contribution in [0.4, 0.5) is 5.69 Å². The Labute approximate surface area is 182 Å². The van der Waals surface area contributed by atoms with Crippen molar-refractivity contribution in [2.45, 2.75) is 24.7 Å². The lowest BCUT2D eigenvalue weighted by Gasteiger charge is -2.12. The third-order valence-corrected chi connectivity index (χ3v) is 6.54. The molecule has 0 aliphatic carbocycles. The number of aromatic nitrogens is 1. The van der Waals surface area contributed by atoms with E-state index in [-0.39, 0.29) is 10.8 Å². The lowest BCUT2D eigenvalue weighted by atomic mass is 10.1. The van der Waals surface area contributed by atoms with E-state index in [1.54, 1.807) is 18.2 Å². The average Bonchev–Trinajstić information content (AvgIpc) is 3.20. The Kier molecular flexibility index (Phi) is 5.57. The number of nitrogens with zero attached hydrogens (tertiary/aromatic N) is 2. The molecule has 0 fully saturated rings. The zero-order valence-corrected chi connectivity index (χ0v) is 18.5. The molecule has 1 aliphatic rings. The Morgan fingerprint density at radius 2 is 1.97 bits per heavy atom. The number of benzene rings is 2. The van der Waals surface area contributed by atoms with Gasteiger partial charge in [0, 0.05) is 34.2 Å². The van der Waals surface area contributed by atoms with E-state index in [0.717, 1.165) is 10.9 Å². The van der Waals surface area contributed by atoms with E-state index in [1.165, 1.54) is 12.1 Å². The number of hydrogen-bond donors (Lipinski definition) is 2. The molecule has 0 spiro atoms. The van der Waals surface area contributed by atoms with Gasteiger partial charge in [0.15, 0.2) is 0 Å². The van der Waals surface area contributed by atoms with Gasteiger partial charge in [-0.3, -0.25) is 19.5 Å². The molecule has 2 aromatic carbocycles. The Morgan fingerprint density at radius 3 is 2.73 bits per heavy atom. The number of amides is 1. The summed E-state index contributed by atoms with van der Waals surface area (Å²) in [5.41, 5.74) is 2.27. The third kappa shape index (κ3) is 4.36. The fourth-order valence-electron chi connectivity index (χ4n) is 3.29. The molecule has 154 valence electrons. The van der Waals surface area contributed by atoms with Crippen LogP contribution in [0.2, 0.25) is 0 Å². The maximum atomic E-state index is 13.0. The summed E-state index contributed by atoms with van der Waals surface area (Å²) in [5, 5.41) is 3.50. The number of sulfonamides is 1. The topological polar surface area (TPSA) is 101 Å². The van der Waals surface area contributed by atoms with Crippen molar-refractivity contribution in [1.29, 1.82) is 0 Å². The van der Waals surface area contributed by atoms with Crippen LogP contribution >= 0.6 is 15.9 Å². The van der Waals surface area contributed by atoms with E-state index in [9.17, 15) is 13.2 Å². The maximum Gasteiger partial charge on any atom is 0.262 e. The van der Waals surface area contributed by atoms with E-state index in [0.29, 0.717) is 46.6 Å². The van der Waals surface area contributed by atoms with Gasteiger partial charge in [-0.1, -0.05) is 22.0 Å². The van der Waals surface area contributed by atoms with Gasteiger partial charge in [0.05, 0.1) is 16.0 Å². The molecule has 1 amide bonds. The van der Waals surface area contributed by atoms with E-state index in [1.807, 2.05) is 25.1 Å². The van der Waals surface area contributed by atoms with E-state index in [4.69, 9.17) is 0 Å². The highest BCUT2D eigenvalue weighted by molar-refractivity contribution is 9.10. The van der Waals surface area contributed by atoms with Crippen molar-refractivity contribution in [2.75, 3.05) is 11.9 Å². The largest absolute Gasteiger partial charge is 0.322 e. The smallest absolute Gasteiger partial charge is 0.262 e. The molecule has 1 aromatic heterocycles. The first-order valence-electron chi connectivity index (χ1n) is 9.36. The number of aryl methyl sites for hydroxylation is 1. The van der Waals surface area contributed by atoms with Crippen LogP contribution in [0, 0.1) is 6.92 Å². The van der Waals surface area contributed by atoms with Crippen molar-refractivity contribution in [2.24, 2.45) is 4.99 Å². The summed E-state index contributed by atoms with van der Waals surface area (Å²) in [7, 11) is -3.76. The summed E-state index contributed by atoms with van der Waals surface area (Å²) < 4.78 is 28.6. The number of halogens is 1. The number of aliphatic imine (C=N–C) groups is 1. The van der Waals surface area contributed by atoms with E-state index < -0.39 is 10.0 Å². The number of nitrogens with one attached hydrogen (secondary N) is 2. The quantitative estimate of drug-likeness (QED) is 0.581. The molecule has 0 unspecified atom stereocenters. The van der Waals surface area contributed by atoms with Crippen LogP contribution in [0.5, 0.6) is 0 Å². The van der Waals surface area contributed by atoms with E-state index >= 15 is 0 Å². The van der Waals surface area contributed by atoms with Crippen LogP contribution in [0.15, 0.2) is 62.9 Å². The number of hydrogen-bond acceptors (Lipinski definition) is 5. The average molecular weight is 487 g/mol. The summed E-state index contributed by atoms with van der Waals surface area (Å²) in [6.45, 7) is 2.45. The van der Waals surface area contributed by atoms with Crippen molar-refractivity contribution in [3.63, 3.8) is 0 Å². The number of carbonyl (C=O) groups excluding carboxylic acids is 1. The van der Waals surface area contributed by atoms with Gasteiger partial charge in [0.1, 0.15) is 5.84 Å².